The second-order valence-corrected chi connectivity index (χ2v) is 7.85. The van der Waals surface area contributed by atoms with Gasteiger partial charge in [0.05, 0.1) is 11.5 Å². The fraction of sp³-hybridized carbons (Fsp3) is 1.00. The standard InChI is InChI=1S/C13H27NO3S/c1-11(2)14-9-12(5-4-7-17-3)13-6-8-18(15,16)10-13/h11-14H,4-10H2,1-3H3. The molecule has 1 N–H and O–H groups in total. The zero-order valence-corrected chi connectivity index (χ0v) is 12.6. The topological polar surface area (TPSA) is 55.4 Å². The lowest BCUT2D eigenvalue weighted by Crippen LogP contribution is -2.33. The molecule has 0 radical (unpaired) electrons. The van der Waals surface area contributed by atoms with Crippen molar-refractivity contribution < 1.29 is 13.2 Å². The highest BCUT2D eigenvalue weighted by Crippen LogP contribution is 2.28. The SMILES string of the molecule is COCCCC(CNC(C)C)C1CCS(=O)(=O)C1. The van der Waals surface area contributed by atoms with E-state index in [9.17, 15) is 8.42 Å². The molecule has 1 aliphatic rings. The molecule has 5 heteroatoms. The molecule has 1 rings (SSSR count). The van der Waals surface area contributed by atoms with Gasteiger partial charge in [0.2, 0.25) is 0 Å². The Kier molecular flexibility index (Phi) is 6.60. The summed E-state index contributed by atoms with van der Waals surface area (Å²) >= 11 is 0. The van der Waals surface area contributed by atoms with Crippen molar-refractivity contribution in [3.05, 3.63) is 0 Å². The summed E-state index contributed by atoms with van der Waals surface area (Å²) in [6.07, 6.45) is 2.89. The molecule has 0 spiro atoms. The summed E-state index contributed by atoms with van der Waals surface area (Å²) in [7, 11) is -1.06. The lowest BCUT2D eigenvalue weighted by atomic mass is 9.87. The van der Waals surface area contributed by atoms with Crippen LogP contribution in [-0.2, 0) is 14.6 Å². The van der Waals surface area contributed by atoms with E-state index < -0.39 is 9.84 Å². The van der Waals surface area contributed by atoms with Crippen molar-refractivity contribution in [2.45, 2.75) is 39.2 Å². The van der Waals surface area contributed by atoms with E-state index in [1.54, 1.807) is 7.11 Å². The number of hydrogen-bond acceptors (Lipinski definition) is 4. The maximum absolute atomic E-state index is 11.6. The number of ether oxygens (including phenoxy) is 1. The smallest absolute Gasteiger partial charge is 0.150 e. The van der Waals surface area contributed by atoms with Gasteiger partial charge in [0, 0.05) is 19.8 Å². The van der Waals surface area contributed by atoms with E-state index >= 15 is 0 Å². The van der Waals surface area contributed by atoms with Gasteiger partial charge in [-0.1, -0.05) is 13.8 Å². The number of hydrogen-bond donors (Lipinski definition) is 1. The molecule has 0 aromatic carbocycles. The van der Waals surface area contributed by atoms with Crippen LogP contribution in [0.5, 0.6) is 0 Å². The largest absolute Gasteiger partial charge is 0.385 e. The van der Waals surface area contributed by atoms with Gasteiger partial charge in [-0.2, -0.15) is 0 Å². The average molecular weight is 277 g/mol. The zero-order valence-electron chi connectivity index (χ0n) is 11.8. The second-order valence-electron chi connectivity index (χ2n) is 5.62. The first-order valence-corrected chi connectivity index (χ1v) is 8.69. The molecular weight excluding hydrogens is 250 g/mol. The molecule has 18 heavy (non-hydrogen) atoms. The van der Waals surface area contributed by atoms with Crippen molar-refractivity contribution in [1.82, 2.24) is 5.32 Å². The van der Waals surface area contributed by atoms with E-state index in [1.807, 2.05) is 0 Å². The third kappa shape index (κ3) is 5.67. The number of sulfone groups is 1. The van der Waals surface area contributed by atoms with Gasteiger partial charge in [-0.15, -0.1) is 0 Å². The Morgan fingerprint density at radius 3 is 2.61 bits per heavy atom. The van der Waals surface area contributed by atoms with Crippen LogP contribution in [0.2, 0.25) is 0 Å². The van der Waals surface area contributed by atoms with Crippen molar-refractivity contribution in [3.63, 3.8) is 0 Å². The predicted octanol–water partition coefficient (Wildman–Crippen LogP) is 1.46. The van der Waals surface area contributed by atoms with Gasteiger partial charge in [-0.05, 0) is 37.6 Å². The minimum Gasteiger partial charge on any atom is -0.385 e. The summed E-state index contributed by atoms with van der Waals surface area (Å²) in [6.45, 7) is 5.93. The minimum absolute atomic E-state index is 0.332. The molecule has 1 heterocycles. The van der Waals surface area contributed by atoms with E-state index in [2.05, 4.69) is 19.2 Å². The first-order chi connectivity index (χ1) is 8.44. The van der Waals surface area contributed by atoms with Crippen LogP contribution in [-0.4, -0.2) is 46.2 Å². The third-order valence-electron chi connectivity index (χ3n) is 3.65. The monoisotopic (exact) mass is 277 g/mol. The van der Waals surface area contributed by atoms with Crippen LogP contribution in [0, 0.1) is 11.8 Å². The molecule has 4 nitrogen and oxygen atoms in total. The van der Waals surface area contributed by atoms with Gasteiger partial charge < -0.3 is 10.1 Å². The van der Waals surface area contributed by atoms with Gasteiger partial charge in [0.25, 0.3) is 0 Å². The Hall–Kier alpha value is -0.130. The molecule has 2 unspecified atom stereocenters. The van der Waals surface area contributed by atoms with E-state index in [1.165, 1.54) is 0 Å². The average Bonchev–Trinajstić information content (AvgIpc) is 2.63. The van der Waals surface area contributed by atoms with Crippen LogP contribution >= 0.6 is 0 Å². The molecule has 0 saturated carbocycles. The third-order valence-corrected chi connectivity index (χ3v) is 5.44. The Morgan fingerprint density at radius 2 is 2.11 bits per heavy atom. The fourth-order valence-electron chi connectivity index (χ4n) is 2.58. The zero-order chi connectivity index (χ0) is 13.6. The van der Waals surface area contributed by atoms with Gasteiger partial charge in [-0.3, -0.25) is 0 Å². The first kappa shape index (κ1) is 15.9. The highest BCUT2D eigenvalue weighted by atomic mass is 32.2. The van der Waals surface area contributed by atoms with Crippen LogP contribution in [0.15, 0.2) is 0 Å². The highest BCUT2D eigenvalue weighted by molar-refractivity contribution is 7.91. The van der Waals surface area contributed by atoms with E-state index in [-0.39, 0.29) is 0 Å². The summed E-state index contributed by atoms with van der Waals surface area (Å²) in [6, 6.07) is 0.452. The maximum Gasteiger partial charge on any atom is 0.150 e. The van der Waals surface area contributed by atoms with Crippen molar-refractivity contribution in [2.75, 3.05) is 31.8 Å². The number of nitrogens with one attached hydrogen (secondary N) is 1. The molecule has 0 bridgehead atoms. The molecule has 0 aliphatic carbocycles. The molecule has 2 atom stereocenters. The Labute approximate surface area is 111 Å². The highest BCUT2D eigenvalue weighted by Gasteiger charge is 2.33. The second kappa shape index (κ2) is 7.46. The summed E-state index contributed by atoms with van der Waals surface area (Å²) < 4.78 is 28.2. The van der Waals surface area contributed by atoms with Crippen molar-refractivity contribution in [2.24, 2.45) is 11.8 Å². The molecule has 0 aromatic heterocycles. The van der Waals surface area contributed by atoms with Gasteiger partial charge in [0.1, 0.15) is 0 Å². The van der Waals surface area contributed by atoms with Crippen molar-refractivity contribution >= 4 is 9.84 Å². The quantitative estimate of drug-likeness (QED) is 0.683. The molecular formula is C13H27NO3S. The van der Waals surface area contributed by atoms with Gasteiger partial charge >= 0.3 is 0 Å². The summed E-state index contributed by atoms with van der Waals surface area (Å²) in [4.78, 5) is 0. The Balaban J connectivity index is 2.48. The van der Waals surface area contributed by atoms with Crippen molar-refractivity contribution in [3.8, 4) is 0 Å². The minimum atomic E-state index is -2.77. The van der Waals surface area contributed by atoms with E-state index in [4.69, 9.17) is 4.74 Å². The van der Waals surface area contributed by atoms with Crippen LogP contribution < -0.4 is 5.32 Å². The van der Waals surface area contributed by atoms with Gasteiger partial charge in [-0.25, -0.2) is 8.42 Å². The molecule has 1 saturated heterocycles. The van der Waals surface area contributed by atoms with Gasteiger partial charge in [0.15, 0.2) is 9.84 Å². The van der Waals surface area contributed by atoms with Crippen LogP contribution in [0.1, 0.15) is 33.1 Å². The number of methoxy groups -OCH3 is 1. The van der Waals surface area contributed by atoms with Crippen LogP contribution in [0.25, 0.3) is 0 Å². The lowest BCUT2D eigenvalue weighted by molar-refractivity contribution is 0.179. The molecule has 0 aromatic rings. The van der Waals surface area contributed by atoms with E-state index in [0.717, 1.165) is 32.4 Å². The Morgan fingerprint density at radius 1 is 1.39 bits per heavy atom. The Bertz CT molecular complexity index is 327. The maximum atomic E-state index is 11.6. The van der Waals surface area contributed by atoms with Crippen LogP contribution in [0.4, 0.5) is 0 Å². The number of rotatable bonds is 8. The predicted molar refractivity (Wildman–Crippen MR) is 74.5 cm³/mol. The molecule has 0 amide bonds. The summed E-state index contributed by atoms with van der Waals surface area (Å²) in [5.74, 6) is 1.54. The molecule has 108 valence electrons. The summed E-state index contributed by atoms with van der Waals surface area (Å²) in [5, 5.41) is 3.44. The first-order valence-electron chi connectivity index (χ1n) is 6.87. The van der Waals surface area contributed by atoms with E-state index in [0.29, 0.717) is 29.4 Å². The lowest BCUT2D eigenvalue weighted by Gasteiger charge is -2.24. The van der Waals surface area contributed by atoms with Crippen molar-refractivity contribution in [1.29, 1.82) is 0 Å². The van der Waals surface area contributed by atoms with Crippen LogP contribution in [0.3, 0.4) is 0 Å². The summed E-state index contributed by atoms with van der Waals surface area (Å²) in [5.41, 5.74) is 0. The fourth-order valence-corrected chi connectivity index (χ4v) is 4.50. The normalized spacial score (nSPS) is 24.6. The molecule has 1 fully saturated rings. The molecule has 1 aliphatic heterocycles.